The molecule has 0 aliphatic heterocycles. The third kappa shape index (κ3) is 4.96. The van der Waals surface area contributed by atoms with Gasteiger partial charge in [0.25, 0.3) is 15.9 Å². The second kappa shape index (κ2) is 7.89. The summed E-state index contributed by atoms with van der Waals surface area (Å²) >= 11 is 6.09. The van der Waals surface area contributed by atoms with Crippen LogP contribution in [-0.2, 0) is 10.0 Å². The summed E-state index contributed by atoms with van der Waals surface area (Å²) in [6.07, 6.45) is 0.781. The number of nitrogens with one attached hydrogen (secondary N) is 2. The van der Waals surface area contributed by atoms with E-state index in [-0.39, 0.29) is 33.1 Å². The van der Waals surface area contributed by atoms with E-state index >= 15 is 0 Å². The first-order valence-electron chi connectivity index (χ1n) is 7.93. The molecular formula is C18H21ClN2O3S. The lowest BCUT2D eigenvalue weighted by atomic mass is 10.1. The first-order chi connectivity index (χ1) is 11.7. The number of carbonyl (C=O) groups is 1. The van der Waals surface area contributed by atoms with Crippen molar-refractivity contribution in [1.82, 2.24) is 5.32 Å². The van der Waals surface area contributed by atoms with Gasteiger partial charge in [-0.3, -0.25) is 9.52 Å². The van der Waals surface area contributed by atoms with E-state index in [1.54, 1.807) is 12.1 Å². The van der Waals surface area contributed by atoms with Crippen LogP contribution in [0, 0.1) is 6.92 Å². The normalized spacial score (nSPS) is 12.5. The molecule has 0 saturated carbocycles. The number of sulfonamides is 1. The van der Waals surface area contributed by atoms with Crippen LogP contribution in [0.2, 0.25) is 5.02 Å². The Kier molecular flexibility index (Phi) is 6.08. The molecule has 25 heavy (non-hydrogen) atoms. The maximum Gasteiger partial charge on any atom is 0.261 e. The second-order valence-corrected chi connectivity index (χ2v) is 7.99. The molecule has 0 aliphatic carbocycles. The first-order valence-corrected chi connectivity index (χ1v) is 9.79. The van der Waals surface area contributed by atoms with E-state index in [2.05, 4.69) is 10.0 Å². The van der Waals surface area contributed by atoms with E-state index in [1.807, 2.05) is 20.8 Å². The van der Waals surface area contributed by atoms with Gasteiger partial charge in [-0.15, -0.1) is 0 Å². The molecule has 2 N–H and O–H groups in total. The quantitative estimate of drug-likeness (QED) is 0.795. The lowest BCUT2D eigenvalue weighted by molar-refractivity contribution is 0.0939. The van der Waals surface area contributed by atoms with Crippen molar-refractivity contribution in [2.45, 2.75) is 38.1 Å². The second-order valence-electron chi connectivity index (χ2n) is 5.90. The third-order valence-electron chi connectivity index (χ3n) is 3.78. The maximum atomic E-state index is 12.5. The van der Waals surface area contributed by atoms with Crippen molar-refractivity contribution in [3.05, 3.63) is 58.6 Å². The molecule has 7 heteroatoms. The number of benzene rings is 2. The van der Waals surface area contributed by atoms with Crippen LogP contribution in [-0.4, -0.2) is 20.4 Å². The Hall–Kier alpha value is -2.05. The molecule has 0 aliphatic rings. The molecule has 2 rings (SSSR count). The third-order valence-corrected chi connectivity index (χ3v) is 5.51. The Balaban J connectivity index is 2.27. The summed E-state index contributed by atoms with van der Waals surface area (Å²) in [4.78, 5) is 12.4. The number of amides is 1. The number of hydrogen-bond donors (Lipinski definition) is 2. The minimum Gasteiger partial charge on any atom is -0.350 e. The molecule has 0 radical (unpaired) electrons. The molecule has 1 atom stereocenters. The van der Waals surface area contributed by atoms with Crippen molar-refractivity contribution in [3.63, 3.8) is 0 Å². The van der Waals surface area contributed by atoms with Gasteiger partial charge in [0.2, 0.25) is 0 Å². The topological polar surface area (TPSA) is 75.3 Å². The molecule has 0 saturated heterocycles. The lowest BCUT2D eigenvalue weighted by Gasteiger charge is -2.14. The smallest absolute Gasteiger partial charge is 0.261 e. The molecule has 0 aromatic heterocycles. The Morgan fingerprint density at radius 2 is 1.80 bits per heavy atom. The van der Waals surface area contributed by atoms with Gasteiger partial charge >= 0.3 is 0 Å². The minimum atomic E-state index is -3.74. The number of hydrogen-bond acceptors (Lipinski definition) is 3. The molecule has 134 valence electrons. The SMILES string of the molecule is CC[C@@H](C)NC(=O)c1cc(NS(=O)(=O)c2ccc(C)cc2)ccc1Cl. The standard InChI is InChI=1S/C18H21ClN2O3S/c1-4-13(3)20-18(22)16-11-14(7-10-17(16)19)21-25(23,24)15-8-5-12(2)6-9-15/h5-11,13,21H,4H2,1-3H3,(H,20,22)/t13-/m1/s1. The number of anilines is 1. The zero-order valence-electron chi connectivity index (χ0n) is 14.3. The molecule has 0 fully saturated rings. The molecule has 0 heterocycles. The fraction of sp³-hybridized carbons (Fsp3) is 0.278. The highest BCUT2D eigenvalue weighted by Crippen LogP contribution is 2.23. The molecular weight excluding hydrogens is 360 g/mol. The van der Waals surface area contributed by atoms with Crippen LogP contribution < -0.4 is 10.0 Å². The van der Waals surface area contributed by atoms with Crippen LogP contribution in [0.25, 0.3) is 0 Å². The zero-order chi connectivity index (χ0) is 18.6. The van der Waals surface area contributed by atoms with Crippen molar-refractivity contribution in [2.75, 3.05) is 4.72 Å². The number of aryl methyl sites for hydroxylation is 1. The summed E-state index contributed by atoms with van der Waals surface area (Å²) in [5.74, 6) is -0.337. The molecule has 0 unspecified atom stereocenters. The molecule has 0 spiro atoms. The monoisotopic (exact) mass is 380 g/mol. The summed E-state index contributed by atoms with van der Waals surface area (Å²) in [5.41, 5.74) is 1.47. The van der Waals surface area contributed by atoms with Gasteiger partial charge in [-0.2, -0.15) is 0 Å². The minimum absolute atomic E-state index is 0.00327. The number of halogens is 1. The molecule has 5 nitrogen and oxygen atoms in total. The fourth-order valence-electron chi connectivity index (χ4n) is 2.10. The number of rotatable bonds is 6. The molecule has 0 bridgehead atoms. The highest BCUT2D eigenvalue weighted by molar-refractivity contribution is 7.92. The first kappa shape index (κ1) is 19.3. The predicted octanol–water partition coefficient (Wildman–Crippen LogP) is 3.98. The maximum absolute atomic E-state index is 12.5. The lowest BCUT2D eigenvalue weighted by Crippen LogP contribution is -2.32. The van der Waals surface area contributed by atoms with Gasteiger partial charge in [-0.1, -0.05) is 36.2 Å². The average Bonchev–Trinajstić information content (AvgIpc) is 2.56. The van der Waals surface area contributed by atoms with Crippen LogP contribution in [0.5, 0.6) is 0 Å². The van der Waals surface area contributed by atoms with E-state index < -0.39 is 10.0 Å². The van der Waals surface area contributed by atoms with Crippen LogP contribution in [0.15, 0.2) is 47.4 Å². The van der Waals surface area contributed by atoms with Gasteiger partial charge in [-0.05, 0) is 50.6 Å². The van der Waals surface area contributed by atoms with Crippen molar-refractivity contribution >= 4 is 33.2 Å². The van der Waals surface area contributed by atoms with Crippen molar-refractivity contribution in [1.29, 1.82) is 0 Å². The van der Waals surface area contributed by atoms with E-state index in [9.17, 15) is 13.2 Å². The Labute approximate surface area is 153 Å². The summed E-state index contributed by atoms with van der Waals surface area (Å²) in [6.45, 7) is 5.72. The Bertz CT molecular complexity index is 864. The van der Waals surface area contributed by atoms with Gasteiger partial charge in [0, 0.05) is 11.7 Å². The van der Waals surface area contributed by atoms with Crippen LogP contribution >= 0.6 is 11.6 Å². The van der Waals surface area contributed by atoms with E-state index in [0.717, 1.165) is 12.0 Å². The molecule has 1 amide bonds. The highest BCUT2D eigenvalue weighted by Gasteiger charge is 2.17. The summed E-state index contributed by atoms with van der Waals surface area (Å²) in [5, 5.41) is 3.08. The van der Waals surface area contributed by atoms with Crippen molar-refractivity contribution in [3.8, 4) is 0 Å². The van der Waals surface area contributed by atoms with Crippen LogP contribution in [0.1, 0.15) is 36.2 Å². The van der Waals surface area contributed by atoms with Crippen LogP contribution in [0.3, 0.4) is 0 Å². The van der Waals surface area contributed by atoms with Gasteiger partial charge in [0.05, 0.1) is 15.5 Å². The Morgan fingerprint density at radius 3 is 2.40 bits per heavy atom. The fourth-order valence-corrected chi connectivity index (χ4v) is 3.35. The zero-order valence-corrected chi connectivity index (χ0v) is 15.9. The number of carbonyl (C=O) groups excluding carboxylic acids is 1. The van der Waals surface area contributed by atoms with E-state index in [0.29, 0.717) is 0 Å². The largest absolute Gasteiger partial charge is 0.350 e. The van der Waals surface area contributed by atoms with Gasteiger partial charge in [0.15, 0.2) is 0 Å². The average molecular weight is 381 g/mol. The van der Waals surface area contributed by atoms with Gasteiger partial charge in [-0.25, -0.2) is 8.42 Å². The molecule has 2 aromatic carbocycles. The highest BCUT2D eigenvalue weighted by atomic mass is 35.5. The van der Waals surface area contributed by atoms with Gasteiger partial charge < -0.3 is 5.32 Å². The predicted molar refractivity (Wildman–Crippen MR) is 101 cm³/mol. The van der Waals surface area contributed by atoms with Crippen LogP contribution in [0.4, 0.5) is 5.69 Å². The summed E-state index contributed by atoms with van der Waals surface area (Å²) in [7, 11) is -3.74. The van der Waals surface area contributed by atoms with Crippen molar-refractivity contribution in [2.24, 2.45) is 0 Å². The van der Waals surface area contributed by atoms with E-state index in [1.165, 1.54) is 30.3 Å². The molecule has 2 aromatic rings. The van der Waals surface area contributed by atoms with E-state index in [4.69, 9.17) is 11.6 Å². The summed E-state index contributed by atoms with van der Waals surface area (Å²) in [6, 6.07) is 11.0. The summed E-state index contributed by atoms with van der Waals surface area (Å²) < 4.78 is 27.4. The van der Waals surface area contributed by atoms with Gasteiger partial charge in [0.1, 0.15) is 0 Å². The Morgan fingerprint density at radius 1 is 1.16 bits per heavy atom. The van der Waals surface area contributed by atoms with Crippen molar-refractivity contribution < 1.29 is 13.2 Å².